The van der Waals surface area contributed by atoms with Crippen LogP contribution in [0.4, 0.5) is 4.39 Å². The number of hydrogen-bond donors (Lipinski definition) is 1. The van der Waals surface area contributed by atoms with Crippen LogP contribution in [0.3, 0.4) is 0 Å². The average Bonchev–Trinajstić information content (AvgIpc) is 2.86. The Hall–Kier alpha value is -1.46. The van der Waals surface area contributed by atoms with E-state index in [2.05, 4.69) is 5.32 Å². The minimum atomic E-state index is -0.555. The molecule has 0 aromatic heterocycles. The van der Waals surface area contributed by atoms with Crippen molar-refractivity contribution in [3.05, 3.63) is 29.6 Å². The van der Waals surface area contributed by atoms with E-state index in [0.29, 0.717) is 19.0 Å². The number of methoxy groups -OCH3 is 1. The highest BCUT2D eigenvalue weighted by molar-refractivity contribution is 5.99. The van der Waals surface area contributed by atoms with Crippen LogP contribution in [0.1, 0.15) is 10.4 Å². The number of benzene rings is 1. The molecule has 4 nitrogen and oxygen atoms in total. The molecule has 0 aliphatic carbocycles. The average molecular weight is 253 g/mol. The Labute approximate surface area is 105 Å². The Balaban J connectivity index is 2.23. The van der Waals surface area contributed by atoms with E-state index in [1.165, 1.54) is 19.2 Å². The molecule has 1 aliphatic heterocycles. The number of rotatable bonds is 4. The lowest BCUT2D eigenvalue weighted by atomic mass is 9.93. The molecule has 5 heteroatoms. The summed E-state index contributed by atoms with van der Waals surface area (Å²) >= 11 is 0. The molecule has 1 heterocycles. The van der Waals surface area contributed by atoms with Crippen LogP contribution in [0.2, 0.25) is 0 Å². The SMILES string of the molecule is CNC1COCC1C(=O)c1ccc(OC)cc1F. The maximum atomic E-state index is 13.8. The monoisotopic (exact) mass is 253 g/mol. The van der Waals surface area contributed by atoms with Crippen molar-refractivity contribution in [3.63, 3.8) is 0 Å². The number of nitrogens with one attached hydrogen (secondary N) is 1. The van der Waals surface area contributed by atoms with E-state index in [1.807, 2.05) is 0 Å². The van der Waals surface area contributed by atoms with Crippen molar-refractivity contribution in [2.24, 2.45) is 5.92 Å². The van der Waals surface area contributed by atoms with Crippen LogP contribution < -0.4 is 10.1 Å². The number of halogens is 1. The first-order valence-corrected chi connectivity index (χ1v) is 5.80. The van der Waals surface area contributed by atoms with Gasteiger partial charge in [-0.05, 0) is 19.2 Å². The maximum Gasteiger partial charge on any atom is 0.172 e. The van der Waals surface area contributed by atoms with Gasteiger partial charge in [-0.25, -0.2) is 4.39 Å². The van der Waals surface area contributed by atoms with Gasteiger partial charge in [-0.15, -0.1) is 0 Å². The third-order valence-corrected chi connectivity index (χ3v) is 3.23. The third kappa shape index (κ3) is 2.37. The number of Topliss-reactive ketones (excluding diaryl/α,β-unsaturated/α-hetero) is 1. The number of likely N-dealkylation sites (N-methyl/N-ethyl adjacent to an activating group) is 1. The zero-order chi connectivity index (χ0) is 13.1. The van der Waals surface area contributed by atoms with E-state index in [-0.39, 0.29) is 23.3 Å². The minimum Gasteiger partial charge on any atom is -0.497 e. The zero-order valence-electron chi connectivity index (χ0n) is 10.4. The highest BCUT2D eigenvalue weighted by Crippen LogP contribution is 2.23. The first-order valence-electron chi connectivity index (χ1n) is 5.80. The molecule has 0 bridgehead atoms. The van der Waals surface area contributed by atoms with Crippen LogP contribution in [-0.2, 0) is 4.74 Å². The molecule has 1 aromatic carbocycles. The quantitative estimate of drug-likeness (QED) is 0.820. The molecule has 1 fully saturated rings. The van der Waals surface area contributed by atoms with Crippen molar-refractivity contribution in [1.82, 2.24) is 5.32 Å². The Morgan fingerprint density at radius 3 is 2.89 bits per heavy atom. The molecule has 1 aromatic rings. The molecule has 1 N–H and O–H groups in total. The van der Waals surface area contributed by atoms with Gasteiger partial charge < -0.3 is 14.8 Å². The summed E-state index contributed by atoms with van der Waals surface area (Å²) in [6.45, 7) is 0.806. The second kappa shape index (κ2) is 5.46. The van der Waals surface area contributed by atoms with E-state index < -0.39 is 5.82 Å². The summed E-state index contributed by atoms with van der Waals surface area (Å²) in [5, 5.41) is 3.01. The Kier molecular flexibility index (Phi) is 3.93. The van der Waals surface area contributed by atoms with Gasteiger partial charge in [0.05, 0.1) is 31.8 Å². The molecule has 2 unspecified atom stereocenters. The number of carbonyl (C=O) groups excluding carboxylic acids is 1. The Morgan fingerprint density at radius 2 is 2.28 bits per heavy atom. The lowest BCUT2D eigenvalue weighted by molar-refractivity contribution is 0.0888. The summed E-state index contributed by atoms with van der Waals surface area (Å²) in [6.07, 6.45) is 0. The second-order valence-electron chi connectivity index (χ2n) is 4.25. The molecule has 1 saturated heterocycles. The van der Waals surface area contributed by atoms with Gasteiger partial charge in [-0.1, -0.05) is 0 Å². The van der Waals surface area contributed by atoms with Crippen LogP contribution in [-0.4, -0.2) is 39.2 Å². The Bertz CT molecular complexity index is 450. The summed E-state index contributed by atoms with van der Waals surface area (Å²) in [4.78, 5) is 12.2. The number of ketones is 1. The lowest BCUT2D eigenvalue weighted by Crippen LogP contribution is -2.37. The van der Waals surface area contributed by atoms with Gasteiger partial charge >= 0.3 is 0 Å². The van der Waals surface area contributed by atoms with Gasteiger partial charge in [0.1, 0.15) is 11.6 Å². The largest absolute Gasteiger partial charge is 0.497 e. The van der Waals surface area contributed by atoms with Crippen molar-refractivity contribution in [1.29, 1.82) is 0 Å². The second-order valence-corrected chi connectivity index (χ2v) is 4.25. The fourth-order valence-electron chi connectivity index (χ4n) is 2.12. The van der Waals surface area contributed by atoms with Crippen molar-refractivity contribution < 1.29 is 18.7 Å². The fourth-order valence-corrected chi connectivity index (χ4v) is 2.12. The molecule has 0 amide bonds. The standard InChI is InChI=1S/C13H16FNO3/c1-15-12-7-18-6-10(12)13(16)9-4-3-8(17-2)5-11(9)14/h3-5,10,12,15H,6-7H2,1-2H3. The van der Waals surface area contributed by atoms with Crippen LogP contribution in [0, 0.1) is 11.7 Å². The van der Waals surface area contributed by atoms with Gasteiger partial charge in [0.15, 0.2) is 5.78 Å². The molecule has 1 aliphatic rings. The van der Waals surface area contributed by atoms with E-state index in [0.717, 1.165) is 0 Å². The molecular weight excluding hydrogens is 237 g/mol. The molecule has 18 heavy (non-hydrogen) atoms. The number of carbonyl (C=O) groups is 1. The first kappa shape index (κ1) is 13.0. The first-order chi connectivity index (χ1) is 8.67. The molecule has 0 saturated carbocycles. The molecule has 2 atom stereocenters. The minimum absolute atomic E-state index is 0.0565. The molecular formula is C13H16FNO3. The highest BCUT2D eigenvalue weighted by Gasteiger charge is 2.34. The summed E-state index contributed by atoms with van der Waals surface area (Å²) in [7, 11) is 3.22. The lowest BCUT2D eigenvalue weighted by Gasteiger charge is -2.16. The van der Waals surface area contributed by atoms with Crippen LogP contribution in [0.25, 0.3) is 0 Å². The van der Waals surface area contributed by atoms with Gasteiger partial charge in [-0.2, -0.15) is 0 Å². The number of ether oxygens (including phenoxy) is 2. The van der Waals surface area contributed by atoms with Gasteiger partial charge in [0.2, 0.25) is 0 Å². The summed E-state index contributed by atoms with van der Waals surface area (Å²) in [6, 6.07) is 4.21. The molecule has 2 rings (SSSR count). The van der Waals surface area contributed by atoms with Crippen LogP contribution in [0.15, 0.2) is 18.2 Å². The Morgan fingerprint density at radius 1 is 1.50 bits per heavy atom. The smallest absolute Gasteiger partial charge is 0.172 e. The molecule has 98 valence electrons. The van der Waals surface area contributed by atoms with Crippen molar-refractivity contribution in [2.75, 3.05) is 27.4 Å². The van der Waals surface area contributed by atoms with E-state index in [1.54, 1.807) is 13.1 Å². The predicted octanol–water partition coefficient (Wildman–Crippen LogP) is 1.25. The van der Waals surface area contributed by atoms with Crippen LogP contribution >= 0.6 is 0 Å². The summed E-state index contributed by atoms with van der Waals surface area (Å²) < 4.78 is 24.0. The van der Waals surface area contributed by atoms with Crippen molar-refractivity contribution in [3.8, 4) is 5.75 Å². The predicted molar refractivity (Wildman–Crippen MR) is 64.4 cm³/mol. The van der Waals surface area contributed by atoms with Crippen molar-refractivity contribution in [2.45, 2.75) is 6.04 Å². The van der Waals surface area contributed by atoms with E-state index in [9.17, 15) is 9.18 Å². The van der Waals surface area contributed by atoms with Crippen molar-refractivity contribution >= 4 is 5.78 Å². The molecule has 0 spiro atoms. The topological polar surface area (TPSA) is 47.6 Å². The van der Waals surface area contributed by atoms with E-state index >= 15 is 0 Å². The third-order valence-electron chi connectivity index (χ3n) is 3.23. The van der Waals surface area contributed by atoms with E-state index in [4.69, 9.17) is 9.47 Å². The maximum absolute atomic E-state index is 13.8. The van der Waals surface area contributed by atoms with Gasteiger partial charge in [0, 0.05) is 12.1 Å². The van der Waals surface area contributed by atoms with Gasteiger partial charge in [-0.3, -0.25) is 4.79 Å². The summed E-state index contributed by atoms with van der Waals surface area (Å²) in [5.74, 6) is -0.720. The van der Waals surface area contributed by atoms with Gasteiger partial charge in [0.25, 0.3) is 0 Å². The zero-order valence-corrected chi connectivity index (χ0v) is 10.4. The number of hydrogen-bond acceptors (Lipinski definition) is 4. The fraction of sp³-hybridized carbons (Fsp3) is 0.462. The normalized spacial score (nSPS) is 23.1. The van der Waals surface area contributed by atoms with Crippen LogP contribution in [0.5, 0.6) is 5.75 Å². The molecule has 0 radical (unpaired) electrons. The summed E-state index contributed by atoms with van der Waals surface area (Å²) in [5.41, 5.74) is 0.0894. The highest BCUT2D eigenvalue weighted by atomic mass is 19.1.